The van der Waals surface area contributed by atoms with E-state index in [1.165, 1.54) is 5.22 Å². The summed E-state index contributed by atoms with van der Waals surface area (Å²) in [5.74, 6) is 0. The van der Waals surface area contributed by atoms with Crippen molar-refractivity contribution in [3.63, 3.8) is 0 Å². The Morgan fingerprint density at radius 1 is 1.06 bits per heavy atom. The number of fused-ring (bicyclic) bond motifs is 2. The molecule has 0 radical (unpaired) electrons. The number of rotatable bonds is 1. The summed E-state index contributed by atoms with van der Waals surface area (Å²) in [6, 6.07) is 10.2. The Balaban J connectivity index is 2.61. The lowest BCUT2D eigenvalue weighted by atomic mass is 9.97. The molecule has 0 spiro atoms. The maximum atomic E-state index is 11.3. The van der Waals surface area contributed by atoms with Gasteiger partial charge in [-0.15, -0.1) is 0 Å². The minimum Gasteiger partial charge on any atom is -0.298 e. The SMILES string of the molecule is O=Cc1c2c(cc3ccccc13)=CCCC=2. The molecule has 2 aromatic carbocycles. The van der Waals surface area contributed by atoms with E-state index < -0.39 is 0 Å². The zero-order chi connectivity index (χ0) is 11.0. The molecule has 0 bridgehead atoms. The molecule has 0 aliphatic heterocycles. The van der Waals surface area contributed by atoms with Gasteiger partial charge in [0, 0.05) is 5.56 Å². The zero-order valence-corrected chi connectivity index (χ0v) is 8.94. The van der Waals surface area contributed by atoms with Crippen molar-refractivity contribution in [1.29, 1.82) is 0 Å². The second-order valence-electron chi connectivity index (χ2n) is 4.12. The van der Waals surface area contributed by atoms with Gasteiger partial charge in [0.25, 0.3) is 0 Å². The first-order valence-electron chi connectivity index (χ1n) is 5.57. The van der Waals surface area contributed by atoms with Gasteiger partial charge in [-0.3, -0.25) is 4.79 Å². The first kappa shape index (κ1) is 9.34. The molecule has 0 heterocycles. The molecule has 1 heteroatoms. The Hall–Kier alpha value is -1.89. The lowest BCUT2D eigenvalue weighted by Gasteiger charge is -2.06. The highest BCUT2D eigenvalue weighted by molar-refractivity contribution is 5.98. The van der Waals surface area contributed by atoms with Crippen LogP contribution in [0, 0.1) is 0 Å². The molecule has 1 aliphatic rings. The average Bonchev–Trinajstić information content (AvgIpc) is 2.36. The first-order chi connectivity index (χ1) is 7.90. The minimum absolute atomic E-state index is 0.837. The van der Waals surface area contributed by atoms with Crippen LogP contribution in [-0.4, -0.2) is 6.29 Å². The molecular formula is C15H12O. The van der Waals surface area contributed by atoms with Crippen molar-refractivity contribution in [1.82, 2.24) is 0 Å². The molecule has 0 unspecified atom stereocenters. The number of benzene rings is 2. The van der Waals surface area contributed by atoms with E-state index in [0.717, 1.165) is 40.7 Å². The quantitative estimate of drug-likeness (QED) is 0.655. The maximum absolute atomic E-state index is 11.3. The summed E-state index contributed by atoms with van der Waals surface area (Å²) < 4.78 is 0. The molecule has 0 N–H and O–H groups in total. The van der Waals surface area contributed by atoms with Crippen LogP contribution in [0.5, 0.6) is 0 Å². The van der Waals surface area contributed by atoms with Crippen molar-refractivity contribution in [3.05, 3.63) is 46.3 Å². The number of aldehydes is 1. The van der Waals surface area contributed by atoms with Crippen molar-refractivity contribution in [2.45, 2.75) is 12.8 Å². The number of carbonyl (C=O) groups excluding carboxylic acids is 1. The highest BCUT2D eigenvalue weighted by Crippen LogP contribution is 2.13. The Labute approximate surface area is 93.7 Å². The van der Waals surface area contributed by atoms with E-state index in [2.05, 4.69) is 24.3 Å². The Kier molecular flexibility index (Phi) is 2.10. The molecule has 1 nitrogen and oxygen atoms in total. The smallest absolute Gasteiger partial charge is 0.151 e. The molecular weight excluding hydrogens is 196 g/mol. The summed E-state index contributed by atoms with van der Waals surface area (Å²) in [5, 5.41) is 4.52. The van der Waals surface area contributed by atoms with Gasteiger partial charge < -0.3 is 0 Å². The lowest BCUT2D eigenvalue weighted by Crippen LogP contribution is -2.30. The van der Waals surface area contributed by atoms with Crippen molar-refractivity contribution in [2.24, 2.45) is 0 Å². The molecule has 16 heavy (non-hydrogen) atoms. The summed E-state index contributed by atoms with van der Waals surface area (Å²) >= 11 is 0. The van der Waals surface area contributed by atoms with E-state index in [1.54, 1.807) is 0 Å². The Bertz CT molecular complexity index is 680. The van der Waals surface area contributed by atoms with E-state index in [4.69, 9.17) is 0 Å². The third-order valence-electron chi connectivity index (χ3n) is 3.16. The molecule has 3 rings (SSSR count). The normalized spacial score (nSPS) is 13.8. The van der Waals surface area contributed by atoms with Crippen LogP contribution in [-0.2, 0) is 0 Å². The summed E-state index contributed by atoms with van der Waals surface area (Å²) in [5.41, 5.74) is 0.837. The van der Waals surface area contributed by atoms with Gasteiger partial charge in [-0.25, -0.2) is 0 Å². The van der Waals surface area contributed by atoms with Gasteiger partial charge in [0.1, 0.15) is 0 Å². The number of hydrogen-bond acceptors (Lipinski definition) is 1. The molecule has 0 saturated carbocycles. The molecule has 1 aliphatic carbocycles. The van der Waals surface area contributed by atoms with Crippen LogP contribution in [0.3, 0.4) is 0 Å². The van der Waals surface area contributed by atoms with Gasteiger partial charge in [0.05, 0.1) is 0 Å². The van der Waals surface area contributed by atoms with Crippen LogP contribution < -0.4 is 10.4 Å². The van der Waals surface area contributed by atoms with Crippen molar-refractivity contribution in [2.75, 3.05) is 0 Å². The minimum atomic E-state index is 0.837. The van der Waals surface area contributed by atoms with Crippen LogP contribution in [0.15, 0.2) is 30.3 Å². The van der Waals surface area contributed by atoms with Crippen molar-refractivity contribution >= 4 is 29.2 Å². The second-order valence-corrected chi connectivity index (χ2v) is 4.12. The predicted octanol–water partition coefficient (Wildman–Crippen LogP) is 2.01. The number of hydrogen-bond donors (Lipinski definition) is 0. The van der Waals surface area contributed by atoms with Crippen molar-refractivity contribution < 1.29 is 4.79 Å². The third-order valence-corrected chi connectivity index (χ3v) is 3.16. The van der Waals surface area contributed by atoms with E-state index in [1.807, 2.05) is 18.2 Å². The van der Waals surface area contributed by atoms with Crippen LogP contribution >= 0.6 is 0 Å². The predicted molar refractivity (Wildman–Crippen MR) is 66.7 cm³/mol. The van der Waals surface area contributed by atoms with E-state index in [0.29, 0.717) is 0 Å². The number of carbonyl (C=O) groups is 1. The molecule has 0 amide bonds. The second kappa shape index (κ2) is 3.60. The summed E-state index contributed by atoms with van der Waals surface area (Å²) in [6.07, 6.45) is 7.48. The molecule has 2 aromatic rings. The highest BCUT2D eigenvalue weighted by atomic mass is 16.1. The van der Waals surface area contributed by atoms with Crippen LogP contribution in [0.1, 0.15) is 23.2 Å². The third kappa shape index (κ3) is 1.28. The van der Waals surface area contributed by atoms with Crippen LogP contribution in [0.25, 0.3) is 22.9 Å². The molecule has 0 fully saturated rings. The van der Waals surface area contributed by atoms with E-state index >= 15 is 0 Å². The Morgan fingerprint density at radius 2 is 1.88 bits per heavy atom. The van der Waals surface area contributed by atoms with E-state index in [-0.39, 0.29) is 0 Å². The van der Waals surface area contributed by atoms with Crippen molar-refractivity contribution in [3.8, 4) is 0 Å². The zero-order valence-electron chi connectivity index (χ0n) is 8.94. The largest absolute Gasteiger partial charge is 0.298 e. The van der Waals surface area contributed by atoms with E-state index in [9.17, 15) is 4.79 Å². The van der Waals surface area contributed by atoms with Gasteiger partial charge in [-0.1, -0.05) is 36.4 Å². The maximum Gasteiger partial charge on any atom is 0.151 e. The van der Waals surface area contributed by atoms with Crippen LogP contribution in [0.4, 0.5) is 0 Å². The summed E-state index contributed by atoms with van der Waals surface area (Å²) in [6.45, 7) is 0. The standard InChI is InChI=1S/C15H12O/c16-10-15-13-7-3-1-5-11(13)9-12-6-2-4-8-14(12)15/h1,3,5-10H,2,4H2. The first-order valence-corrected chi connectivity index (χ1v) is 5.57. The monoisotopic (exact) mass is 208 g/mol. The topological polar surface area (TPSA) is 17.1 Å². The molecule has 0 saturated heterocycles. The molecule has 0 aromatic heterocycles. The fourth-order valence-electron chi connectivity index (χ4n) is 2.40. The average molecular weight is 208 g/mol. The molecule has 78 valence electrons. The van der Waals surface area contributed by atoms with Gasteiger partial charge in [0.15, 0.2) is 6.29 Å². The van der Waals surface area contributed by atoms with Gasteiger partial charge in [0.2, 0.25) is 0 Å². The lowest BCUT2D eigenvalue weighted by molar-refractivity contribution is 0.112. The Morgan fingerprint density at radius 3 is 2.75 bits per heavy atom. The fraction of sp³-hybridized carbons (Fsp3) is 0.133. The highest BCUT2D eigenvalue weighted by Gasteiger charge is 2.05. The van der Waals surface area contributed by atoms with Crippen LogP contribution in [0.2, 0.25) is 0 Å². The summed E-state index contributed by atoms with van der Waals surface area (Å²) in [4.78, 5) is 11.3. The van der Waals surface area contributed by atoms with Gasteiger partial charge in [-0.2, -0.15) is 0 Å². The van der Waals surface area contributed by atoms with Gasteiger partial charge in [-0.05, 0) is 40.1 Å². The fourth-order valence-corrected chi connectivity index (χ4v) is 2.40. The molecule has 0 atom stereocenters. The summed E-state index contributed by atoms with van der Waals surface area (Å²) in [7, 11) is 0. The van der Waals surface area contributed by atoms with Gasteiger partial charge >= 0.3 is 0 Å².